The molecule has 0 atom stereocenters. The van der Waals surface area contributed by atoms with Crippen molar-refractivity contribution in [2.24, 2.45) is 4.99 Å². The molecule has 0 radical (unpaired) electrons. The zero-order valence-electron chi connectivity index (χ0n) is 19.6. The number of nitrogens with zero attached hydrogens (tertiary/aromatic N) is 4. The Kier molecular flexibility index (Phi) is 9.15. The lowest BCUT2D eigenvalue weighted by molar-refractivity contribution is 0.253. The van der Waals surface area contributed by atoms with E-state index in [2.05, 4.69) is 77.4 Å². The normalized spacial score (nSPS) is 15.4. The van der Waals surface area contributed by atoms with Crippen LogP contribution in [0, 0.1) is 20.8 Å². The second-order valence-electron chi connectivity index (χ2n) is 8.24. The number of anilines is 1. The van der Waals surface area contributed by atoms with E-state index < -0.39 is 0 Å². The van der Waals surface area contributed by atoms with E-state index in [1.54, 1.807) is 11.3 Å². The summed E-state index contributed by atoms with van der Waals surface area (Å²) >= 11 is 1.74. The monoisotopic (exact) mass is 442 g/mol. The van der Waals surface area contributed by atoms with E-state index in [-0.39, 0.29) is 0 Å². The number of benzene rings is 1. The maximum atomic E-state index is 4.74. The molecule has 1 aromatic heterocycles. The number of rotatable bonds is 9. The molecule has 0 unspecified atom stereocenters. The van der Waals surface area contributed by atoms with Crippen LogP contribution in [0.15, 0.2) is 29.3 Å². The Morgan fingerprint density at radius 3 is 2.58 bits per heavy atom. The van der Waals surface area contributed by atoms with Crippen LogP contribution in [-0.2, 0) is 6.54 Å². The van der Waals surface area contributed by atoms with E-state index in [0.29, 0.717) is 6.54 Å². The number of nitrogens with one attached hydrogen (secondary N) is 2. The Balaban J connectivity index is 1.33. The largest absolute Gasteiger partial charge is 0.369 e. The lowest BCUT2D eigenvalue weighted by atomic mass is 10.2. The van der Waals surface area contributed by atoms with Gasteiger partial charge in [0.1, 0.15) is 0 Å². The van der Waals surface area contributed by atoms with Gasteiger partial charge < -0.3 is 15.5 Å². The van der Waals surface area contributed by atoms with Crippen molar-refractivity contribution in [2.75, 3.05) is 50.7 Å². The minimum absolute atomic E-state index is 0.692. The average molecular weight is 443 g/mol. The van der Waals surface area contributed by atoms with Crippen molar-refractivity contribution >= 4 is 23.0 Å². The number of thiazole rings is 1. The fraction of sp³-hybridized carbons (Fsp3) is 0.583. The Hall–Kier alpha value is -2.12. The molecule has 0 saturated carbocycles. The Bertz CT molecular complexity index is 838. The number of hydrogen-bond acceptors (Lipinski definition) is 5. The first-order valence-corrected chi connectivity index (χ1v) is 12.4. The summed E-state index contributed by atoms with van der Waals surface area (Å²) in [5.41, 5.74) is 3.80. The third-order valence-electron chi connectivity index (χ3n) is 5.66. The predicted octanol–water partition coefficient (Wildman–Crippen LogP) is 3.73. The molecule has 0 aliphatic carbocycles. The molecule has 1 aliphatic heterocycles. The Morgan fingerprint density at radius 1 is 1.10 bits per heavy atom. The highest BCUT2D eigenvalue weighted by molar-refractivity contribution is 7.11. The van der Waals surface area contributed by atoms with Crippen LogP contribution in [0.4, 0.5) is 5.69 Å². The summed E-state index contributed by atoms with van der Waals surface area (Å²) in [6.07, 6.45) is 2.37. The van der Waals surface area contributed by atoms with E-state index in [1.807, 2.05) is 0 Å². The van der Waals surface area contributed by atoms with Crippen LogP contribution in [0.25, 0.3) is 0 Å². The Morgan fingerprint density at radius 2 is 1.90 bits per heavy atom. The lowest BCUT2D eigenvalue weighted by Crippen LogP contribution is -2.46. The minimum Gasteiger partial charge on any atom is -0.369 e. The van der Waals surface area contributed by atoms with Crippen molar-refractivity contribution in [1.82, 2.24) is 20.5 Å². The van der Waals surface area contributed by atoms with Crippen molar-refractivity contribution in [1.29, 1.82) is 0 Å². The molecule has 2 N–H and O–H groups in total. The predicted molar refractivity (Wildman–Crippen MR) is 133 cm³/mol. The van der Waals surface area contributed by atoms with Crippen molar-refractivity contribution in [3.8, 4) is 0 Å². The molecule has 0 spiro atoms. The summed E-state index contributed by atoms with van der Waals surface area (Å²) in [7, 11) is 0. The fourth-order valence-corrected chi connectivity index (χ4v) is 4.80. The molecule has 2 aromatic rings. The van der Waals surface area contributed by atoms with Crippen molar-refractivity contribution in [3.63, 3.8) is 0 Å². The molecule has 31 heavy (non-hydrogen) atoms. The zero-order valence-corrected chi connectivity index (χ0v) is 20.4. The fourth-order valence-electron chi connectivity index (χ4n) is 3.93. The smallest absolute Gasteiger partial charge is 0.191 e. The summed E-state index contributed by atoms with van der Waals surface area (Å²) in [4.78, 5) is 15.6. The molecule has 7 heteroatoms. The second kappa shape index (κ2) is 12.1. The highest BCUT2D eigenvalue weighted by Gasteiger charge is 2.16. The lowest BCUT2D eigenvalue weighted by Gasteiger charge is -2.36. The number of piperazine rings is 1. The molecule has 0 bridgehead atoms. The van der Waals surface area contributed by atoms with E-state index in [1.165, 1.54) is 29.1 Å². The molecule has 3 rings (SSSR count). The number of aliphatic imine (C=N–C) groups is 1. The van der Waals surface area contributed by atoms with E-state index in [0.717, 1.165) is 62.4 Å². The van der Waals surface area contributed by atoms with E-state index in [4.69, 9.17) is 4.99 Å². The van der Waals surface area contributed by atoms with Gasteiger partial charge in [0.05, 0.1) is 17.2 Å². The van der Waals surface area contributed by atoms with E-state index in [9.17, 15) is 0 Å². The molecule has 1 fully saturated rings. The molecule has 6 nitrogen and oxygen atoms in total. The van der Waals surface area contributed by atoms with Gasteiger partial charge in [-0.3, -0.25) is 4.90 Å². The van der Waals surface area contributed by atoms with Gasteiger partial charge in [0, 0.05) is 49.8 Å². The first-order chi connectivity index (χ1) is 15.0. The molecule has 1 aromatic carbocycles. The molecule has 170 valence electrons. The highest BCUT2D eigenvalue weighted by atomic mass is 32.1. The van der Waals surface area contributed by atoms with Gasteiger partial charge in [0.15, 0.2) is 5.96 Å². The van der Waals surface area contributed by atoms with Crippen LogP contribution >= 0.6 is 11.3 Å². The second-order valence-corrected chi connectivity index (χ2v) is 9.53. The standard InChI is InChI=1S/C24H38N6S/c1-5-25-24(27-18-23-20(3)28-21(4)31-23)26-11-6-7-12-29-13-15-30(16-14-29)22-10-8-9-19(2)17-22/h8-10,17H,5-7,11-16,18H2,1-4H3,(H2,25,26,27). The summed E-state index contributed by atoms with van der Waals surface area (Å²) in [6, 6.07) is 8.85. The topological polar surface area (TPSA) is 55.8 Å². The van der Waals surface area contributed by atoms with E-state index >= 15 is 0 Å². The van der Waals surface area contributed by atoms with Crippen LogP contribution in [0.1, 0.15) is 40.9 Å². The van der Waals surface area contributed by atoms with Crippen LogP contribution in [0.5, 0.6) is 0 Å². The number of guanidine groups is 1. The highest BCUT2D eigenvalue weighted by Crippen LogP contribution is 2.18. The molecule has 0 amide bonds. The quantitative estimate of drug-likeness (QED) is 0.352. The van der Waals surface area contributed by atoms with Gasteiger partial charge in [-0.2, -0.15) is 0 Å². The van der Waals surface area contributed by atoms with Gasteiger partial charge in [-0.25, -0.2) is 9.98 Å². The maximum absolute atomic E-state index is 4.74. The van der Waals surface area contributed by atoms with Crippen molar-refractivity contribution in [2.45, 2.75) is 47.1 Å². The summed E-state index contributed by atoms with van der Waals surface area (Å²) in [6.45, 7) is 16.6. The van der Waals surface area contributed by atoms with Crippen LogP contribution in [-0.4, -0.2) is 61.7 Å². The summed E-state index contributed by atoms with van der Waals surface area (Å²) in [5, 5.41) is 7.95. The summed E-state index contributed by atoms with van der Waals surface area (Å²) in [5.74, 6) is 0.903. The van der Waals surface area contributed by atoms with Gasteiger partial charge >= 0.3 is 0 Å². The molecular formula is C24H38N6S. The van der Waals surface area contributed by atoms with Gasteiger partial charge in [-0.15, -0.1) is 11.3 Å². The molecular weight excluding hydrogens is 404 g/mol. The van der Waals surface area contributed by atoms with Crippen LogP contribution in [0.3, 0.4) is 0 Å². The summed E-state index contributed by atoms with van der Waals surface area (Å²) < 4.78 is 0. The van der Waals surface area contributed by atoms with Gasteiger partial charge in [0.25, 0.3) is 0 Å². The number of hydrogen-bond donors (Lipinski definition) is 2. The maximum Gasteiger partial charge on any atom is 0.191 e. The third kappa shape index (κ3) is 7.51. The SMILES string of the molecule is CCNC(=NCc1sc(C)nc1C)NCCCCN1CCN(c2cccc(C)c2)CC1. The number of aryl methyl sites for hydroxylation is 3. The van der Waals surface area contributed by atoms with Gasteiger partial charge in [0.2, 0.25) is 0 Å². The van der Waals surface area contributed by atoms with Crippen LogP contribution in [0.2, 0.25) is 0 Å². The van der Waals surface area contributed by atoms with Crippen molar-refractivity contribution in [3.05, 3.63) is 45.4 Å². The first-order valence-electron chi connectivity index (χ1n) is 11.5. The number of unbranched alkanes of at least 4 members (excludes halogenated alkanes) is 1. The zero-order chi connectivity index (χ0) is 22.1. The van der Waals surface area contributed by atoms with Crippen molar-refractivity contribution < 1.29 is 0 Å². The molecule has 2 heterocycles. The molecule has 1 saturated heterocycles. The molecule has 1 aliphatic rings. The minimum atomic E-state index is 0.692. The van der Waals surface area contributed by atoms with Gasteiger partial charge in [-0.1, -0.05) is 12.1 Å². The third-order valence-corrected chi connectivity index (χ3v) is 6.71. The Labute approximate surface area is 191 Å². The van der Waals surface area contributed by atoms with Gasteiger partial charge in [-0.05, 0) is 64.8 Å². The first kappa shape index (κ1) is 23.5. The van der Waals surface area contributed by atoms with Crippen LogP contribution < -0.4 is 15.5 Å². The average Bonchev–Trinajstić information content (AvgIpc) is 3.09. The number of aromatic nitrogens is 1.